The summed E-state index contributed by atoms with van der Waals surface area (Å²) in [6.45, 7) is 1.84. The zero-order valence-electron chi connectivity index (χ0n) is 12.2. The summed E-state index contributed by atoms with van der Waals surface area (Å²) in [7, 11) is 3.30. The van der Waals surface area contributed by atoms with Gasteiger partial charge in [-0.15, -0.1) is 0 Å². The summed E-state index contributed by atoms with van der Waals surface area (Å²) in [5.74, 6) is 0.513. The van der Waals surface area contributed by atoms with Gasteiger partial charge in [0.05, 0.1) is 12.8 Å². The highest BCUT2D eigenvalue weighted by atomic mass is 79.9. The van der Waals surface area contributed by atoms with Crippen molar-refractivity contribution in [1.82, 2.24) is 0 Å². The zero-order chi connectivity index (χ0) is 15.6. The number of nitrogens with zero attached hydrogens (tertiary/aromatic N) is 1. The average molecular weight is 349 g/mol. The summed E-state index contributed by atoms with van der Waals surface area (Å²) in [4.78, 5) is 14.3. The number of rotatable bonds is 3. The summed E-state index contributed by atoms with van der Waals surface area (Å²) < 4.78 is 6.08. The van der Waals surface area contributed by atoms with Crippen LogP contribution in [0.4, 0.5) is 11.4 Å². The Bertz CT molecular complexity index is 686. The molecule has 2 aromatic rings. The first-order valence-electron chi connectivity index (χ1n) is 6.42. The Labute approximate surface area is 132 Å². The number of nitrogen functional groups attached to an aromatic ring is 1. The van der Waals surface area contributed by atoms with Gasteiger partial charge in [-0.25, -0.2) is 0 Å². The Morgan fingerprint density at radius 2 is 1.95 bits per heavy atom. The third-order valence-corrected chi connectivity index (χ3v) is 3.85. The van der Waals surface area contributed by atoms with Crippen LogP contribution in [-0.4, -0.2) is 20.1 Å². The Morgan fingerprint density at radius 1 is 1.29 bits per heavy atom. The highest BCUT2D eigenvalue weighted by Crippen LogP contribution is 2.30. The number of carbonyl (C=O) groups is 1. The van der Waals surface area contributed by atoms with Crippen molar-refractivity contribution >= 4 is 33.2 Å². The molecule has 0 saturated carbocycles. The molecule has 0 aromatic heterocycles. The van der Waals surface area contributed by atoms with Gasteiger partial charge in [-0.05, 0) is 36.8 Å². The maximum absolute atomic E-state index is 12.7. The number of methoxy groups -OCH3 is 1. The van der Waals surface area contributed by atoms with Crippen molar-refractivity contribution in [2.24, 2.45) is 0 Å². The standard InChI is InChI=1S/C16H17BrN2O2/c1-10-12(8-11(17)9-13(10)18)16(20)19(2)14-6-4-5-7-15(14)21-3/h4-9H,18H2,1-3H3. The van der Waals surface area contributed by atoms with Crippen LogP contribution in [0.15, 0.2) is 40.9 Å². The van der Waals surface area contributed by atoms with Crippen molar-refractivity contribution in [2.45, 2.75) is 6.92 Å². The largest absolute Gasteiger partial charge is 0.495 e. The van der Waals surface area contributed by atoms with E-state index in [0.29, 0.717) is 22.7 Å². The maximum atomic E-state index is 12.7. The van der Waals surface area contributed by atoms with E-state index in [2.05, 4.69) is 15.9 Å². The number of benzene rings is 2. The van der Waals surface area contributed by atoms with Gasteiger partial charge in [0.25, 0.3) is 5.91 Å². The Morgan fingerprint density at radius 3 is 2.62 bits per heavy atom. The van der Waals surface area contributed by atoms with Crippen molar-refractivity contribution in [3.63, 3.8) is 0 Å². The number of anilines is 2. The number of ether oxygens (including phenoxy) is 1. The molecule has 0 aliphatic rings. The molecule has 0 aliphatic heterocycles. The second kappa shape index (κ2) is 6.18. The average Bonchev–Trinajstić information content (AvgIpc) is 2.49. The smallest absolute Gasteiger partial charge is 0.258 e. The van der Waals surface area contributed by atoms with Crippen LogP contribution in [0.5, 0.6) is 5.75 Å². The molecular weight excluding hydrogens is 332 g/mol. The lowest BCUT2D eigenvalue weighted by Gasteiger charge is -2.21. The fourth-order valence-corrected chi connectivity index (χ4v) is 2.59. The summed E-state index contributed by atoms with van der Waals surface area (Å²) in [5.41, 5.74) is 8.56. The first kappa shape index (κ1) is 15.4. The van der Waals surface area contributed by atoms with Gasteiger partial charge in [-0.2, -0.15) is 0 Å². The van der Waals surface area contributed by atoms with Gasteiger partial charge in [0.1, 0.15) is 5.75 Å². The number of carbonyl (C=O) groups excluding carboxylic acids is 1. The second-order valence-electron chi connectivity index (χ2n) is 4.70. The van der Waals surface area contributed by atoms with E-state index in [4.69, 9.17) is 10.5 Å². The predicted molar refractivity (Wildman–Crippen MR) is 89.0 cm³/mol. The van der Waals surface area contributed by atoms with E-state index >= 15 is 0 Å². The van der Waals surface area contributed by atoms with Gasteiger partial charge in [0.2, 0.25) is 0 Å². The van der Waals surface area contributed by atoms with E-state index in [1.54, 1.807) is 31.2 Å². The number of hydrogen-bond acceptors (Lipinski definition) is 3. The molecule has 0 saturated heterocycles. The summed E-state index contributed by atoms with van der Waals surface area (Å²) in [6, 6.07) is 11.0. The first-order chi connectivity index (χ1) is 9.95. The summed E-state index contributed by atoms with van der Waals surface area (Å²) >= 11 is 3.37. The van der Waals surface area contributed by atoms with Crippen LogP contribution in [0.2, 0.25) is 0 Å². The number of hydrogen-bond donors (Lipinski definition) is 1. The van der Waals surface area contributed by atoms with Crippen molar-refractivity contribution < 1.29 is 9.53 Å². The van der Waals surface area contributed by atoms with E-state index in [1.807, 2.05) is 31.2 Å². The quantitative estimate of drug-likeness (QED) is 0.861. The number of amides is 1. The third kappa shape index (κ3) is 3.03. The van der Waals surface area contributed by atoms with E-state index in [9.17, 15) is 4.79 Å². The predicted octanol–water partition coefficient (Wildman–Crippen LogP) is 3.62. The lowest BCUT2D eigenvalue weighted by Crippen LogP contribution is -2.27. The van der Waals surface area contributed by atoms with E-state index in [-0.39, 0.29) is 5.91 Å². The van der Waals surface area contributed by atoms with Crippen LogP contribution < -0.4 is 15.4 Å². The van der Waals surface area contributed by atoms with E-state index < -0.39 is 0 Å². The lowest BCUT2D eigenvalue weighted by atomic mass is 10.1. The van der Waals surface area contributed by atoms with Crippen LogP contribution in [0, 0.1) is 6.92 Å². The monoisotopic (exact) mass is 348 g/mol. The van der Waals surface area contributed by atoms with Crippen molar-refractivity contribution in [1.29, 1.82) is 0 Å². The fourth-order valence-electron chi connectivity index (χ4n) is 2.12. The SMILES string of the molecule is COc1ccccc1N(C)C(=O)c1cc(Br)cc(N)c1C. The minimum atomic E-state index is -0.134. The molecule has 2 aromatic carbocycles. The van der Waals surface area contributed by atoms with Crippen molar-refractivity contribution in [2.75, 3.05) is 24.8 Å². The van der Waals surface area contributed by atoms with Gasteiger partial charge >= 0.3 is 0 Å². The Kier molecular flexibility index (Phi) is 4.53. The van der Waals surface area contributed by atoms with E-state index in [1.165, 1.54) is 0 Å². The highest BCUT2D eigenvalue weighted by molar-refractivity contribution is 9.10. The van der Waals surface area contributed by atoms with Crippen molar-refractivity contribution in [3.05, 3.63) is 52.0 Å². The lowest BCUT2D eigenvalue weighted by molar-refractivity contribution is 0.0992. The molecule has 0 unspecified atom stereocenters. The minimum Gasteiger partial charge on any atom is -0.495 e. The topological polar surface area (TPSA) is 55.6 Å². The van der Waals surface area contributed by atoms with Crippen LogP contribution in [-0.2, 0) is 0 Å². The minimum absolute atomic E-state index is 0.134. The number of para-hydroxylation sites is 2. The van der Waals surface area contributed by atoms with Gasteiger partial charge in [0, 0.05) is 22.8 Å². The third-order valence-electron chi connectivity index (χ3n) is 3.39. The molecule has 0 spiro atoms. The van der Waals surface area contributed by atoms with Crippen LogP contribution in [0.25, 0.3) is 0 Å². The van der Waals surface area contributed by atoms with Gasteiger partial charge in [-0.1, -0.05) is 28.1 Å². The molecular formula is C16H17BrN2O2. The fraction of sp³-hybridized carbons (Fsp3) is 0.188. The van der Waals surface area contributed by atoms with E-state index in [0.717, 1.165) is 10.0 Å². The van der Waals surface area contributed by atoms with Crippen LogP contribution in [0.3, 0.4) is 0 Å². The van der Waals surface area contributed by atoms with Crippen LogP contribution in [0.1, 0.15) is 15.9 Å². The molecule has 2 rings (SSSR count). The zero-order valence-corrected chi connectivity index (χ0v) is 13.8. The first-order valence-corrected chi connectivity index (χ1v) is 7.21. The van der Waals surface area contributed by atoms with Gasteiger partial charge in [-0.3, -0.25) is 4.79 Å². The van der Waals surface area contributed by atoms with Crippen molar-refractivity contribution in [3.8, 4) is 5.75 Å². The molecule has 0 radical (unpaired) electrons. The Hall–Kier alpha value is -2.01. The van der Waals surface area contributed by atoms with Gasteiger partial charge < -0.3 is 15.4 Å². The molecule has 0 aliphatic carbocycles. The van der Waals surface area contributed by atoms with Gasteiger partial charge in [0.15, 0.2) is 0 Å². The normalized spacial score (nSPS) is 10.3. The molecule has 5 heteroatoms. The molecule has 0 atom stereocenters. The molecule has 2 N–H and O–H groups in total. The molecule has 0 bridgehead atoms. The molecule has 21 heavy (non-hydrogen) atoms. The molecule has 1 amide bonds. The number of nitrogens with two attached hydrogens (primary N) is 1. The second-order valence-corrected chi connectivity index (χ2v) is 5.62. The molecule has 0 heterocycles. The van der Waals surface area contributed by atoms with Crippen LogP contribution >= 0.6 is 15.9 Å². The Balaban J connectivity index is 2.45. The number of halogens is 1. The molecule has 0 fully saturated rings. The highest BCUT2D eigenvalue weighted by Gasteiger charge is 2.19. The summed E-state index contributed by atoms with van der Waals surface area (Å²) in [5, 5.41) is 0. The molecule has 4 nitrogen and oxygen atoms in total. The summed E-state index contributed by atoms with van der Waals surface area (Å²) in [6.07, 6.45) is 0. The maximum Gasteiger partial charge on any atom is 0.258 e. The molecule has 110 valence electrons.